The van der Waals surface area contributed by atoms with Crippen molar-refractivity contribution in [1.82, 2.24) is 5.32 Å². The van der Waals surface area contributed by atoms with E-state index in [-0.39, 0.29) is 0 Å². The van der Waals surface area contributed by atoms with Gasteiger partial charge in [-0.05, 0) is 43.5 Å². The summed E-state index contributed by atoms with van der Waals surface area (Å²) >= 11 is 0. The highest BCUT2D eigenvalue weighted by Gasteiger charge is 1.97. The number of nitrogens with zero attached hydrogens (tertiary/aromatic N) is 1. The molecule has 0 unspecified atom stereocenters. The zero-order chi connectivity index (χ0) is 14.1. The van der Waals surface area contributed by atoms with E-state index in [4.69, 9.17) is 10.5 Å². The molecule has 0 aliphatic rings. The Hall–Kier alpha value is -1.71. The molecule has 0 bridgehead atoms. The van der Waals surface area contributed by atoms with E-state index in [1.165, 1.54) is 11.1 Å². The van der Waals surface area contributed by atoms with Crippen LogP contribution in [0.4, 0.5) is 0 Å². The van der Waals surface area contributed by atoms with E-state index >= 15 is 0 Å². The van der Waals surface area contributed by atoms with Crippen LogP contribution in [0.1, 0.15) is 30.9 Å². The number of nitrogens with two attached hydrogens (primary N) is 1. The maximum Gasteiger partial charge on any atom is 0.188 e. The minimum absolute atomic E-state index is 0.498. The standard InChI is InChI=1S/C15H25N3O/c1-4-5-6-17-15(16)18-7-8-19-14-10-12(2)9-13(3)11-14/h9-11H,4-8H2,1-3H3,(H3,16,17,18). The molecular formula is C15H25N3O. The predicted octanol–water partition coefficient (Wildman–Crippen LogP) is 2.39. The van der Waals surface area contributed by atoms with Crippen molar-refractivity contribution in [3.05, 3.63) is 29.3 Å². The number of ether oxygens (including phenoxy) is 1. The van der Waals surface area contributed by atoms with E-state index in [9.17, 15) is 0 Å². The zero-order valence-electron chi connectivity index (χ0n) is 12.2. The summed E-state index contributed by atoms with van der Waals surface area (Å²) in [5.74, 6) is 1.40. The second-order valence-corrected chi connectivity index (χ2v) is 4.72. The Kier molecular flexibility index (Phi) is 6.79. The number of nitrogens with one attached hydrogen (secondary N) is 1. The summed E-state index contributed by atoms with van der Waals surface area (Å²) in [5, 5.41) is 3.04. The van der Waals surface area contributed by atoms with Gasteiger partial charge in [0, 0.05) is 6.54 Å². The lowest BCUT2D eigenvalue weighted by Crippen LogP contribution is -2.34. The van der Waals surface area contributed by atoms with Crippen LogP contribution in [-0.2, 0) is 0 Å². The van der Waals surface area contributed by atoms with Gasteiger partial charge in [-0.25, -0.2) is 0 Å². The molecular weight excluding hydrogens is 238 g/mol. The van der Waals surface area contributed by atoms with Gasteiger partial charge in [-0.3, -0.25) is 4.99 Å². The third kappa shape index (κ3) is 6.70. The number of hydrogen-bond acceptors (Lipinski definition) is 2. The normalized spacial score (nSPS) is 11.4. The van der Waals surface area contributed by atoms with Crippen molar-refractivity contribution >= 4 is 5.96 Å². The van der Waals surface area contributed by atoms with Gasteiger partial charge in [0.2, 0.25) is 0 Å². The lowest BCUT2D eigenvalue weighted by atomic mass is 10.1. The van der Waals surface area contributed by atoms with Crippen molar-refractivity contribution in [3.8, 4) is 5.75 Å². The second-order valence-electron chi connectivity index (χ2n) is 4.72. The Bertz CT molecular complexity index is 396. The molecule has 4 heteroatoms. The number of rotatable bonds is 7. The quantitative estimate of drug-likeness (QED) is 0.451. The first-order chi connectivity index (χ1) is 9.11. The Morgan fingerprint density at radius 2 is 1.95 bits per heavy atom. The van der Waals surface area contributed by atoms with Crippen molar-refractivity contribution in [2.45, 2.75) is 33.6 Å². The third-order valence-corrected chi connectivity index (χ3v) is 2.67. The van der Waals surface area contributed by atoms with E-state index in [0.717, 1.165) is 25.1 Å². The fourth-order valence-corrected chi connectivity index (χ4v) is 1.78. The lowest BCUT2D eigenvalue weighted by molar-refractivity contribution is 0.322. The summed E-state index contributed by atoms with van der Waals surface area (Å²) in [6.07, 6.45) is 2.20. The van der Waals surface area contributed by atoms with E-state index < -0.39 is 0 Å². The summed E-state index contributed by atoms with van der Waals surface area (Å²) in [7, 11) is 0. The molecule has 0 saturated carbocycles. The number of unbranched alkanes of at least 4 members (excludes halogenated alkanes) is 1. The summed E-state index contributed by atoms with van der Waals surface area (Å²) in [4.78, 5) is 4.21. The van der Waals surface area contributed by atoms with Crippen molar-refractivity contribution in [2.24, 2.45) is 10.7 Å². The summed E-state index contributed by atoms with van der Waals surface area (Å²) in [6, 6.07) is 6.20. The molecule has 0 amide bonds. The van der Waals surface area contributed by atoms with Gasteiger partial charge in [-0.2, -0.15) is 0 Å². The summed E-state index contributed by atoms with van der Waals surface area (Å²) < 4.78 is 5.67. The SMILES string of the molecule is CCCCN=C(N)NCCOc1cc(C)cc(C)c1. The van der Waals surface area contributed by atoms with E-state index in [2.05, 4.69) is 37.1 Å². The predicted molar refractivity (Wildman–Crippen MR) is 80.8 cm³/mol. The monoisotopic (exact) mass is 263 g/mol. The molecule has 4 nitrogen and oxygen atoms in total. The summed E-state index contributed by atoms with van der Waals surface area (Å²) in [6.45, 7) is 8.29. The van der Waals surface area contributed by atoms with E-state index in [1.807, 2.05) is 12.1 Å². The molecule has 0 aliphatic heterocycles. The Balaban J connectivity index is 2.25. The van der Waals surface area contributed by atoms with Crippen LogP contribution in [0.5, 0.6) is 5.75 Å². The highest BCUT2D eigenvalue weighted by Crippen LogP contribution is 2.15. The number of hydrogen-bond donors (Lipinski definition) is 2. The van der Waals surface area contributed by atoms with Crippen molar-refractivity contribution < 1.29 is 4.74 Å². The lowest BCUT2D eigenvalue weighted by Gasteiger charge is -2.09. The third-order valence-electron chi connectivity index (χ3n) is 2.67. The second kappa shape index (κ2) is 8.40. The largest absolute Gasteiger partial charge is 0.492 e. The molecule has 1 aromatic rings. The first kappa shape index (κ1) is 15.3. The molecule has 0 atom stereocenters. The van der Waals surface area contributed by atoms with Gasteiger partial charge in [0.05, 0.1) is 6.54 Å². The van der Waals surface area contributed by atoms with Crippen molar-refractivity contribution in [3.63, 3.8) is 0 Å². The number of aliphatic imine (C=N–C) groups is 1. The maximum absolute atomic E-state index is 5.73. The molecule has 106 valence electrons. The molecule has 0 fully saturated rings. The highest BCUT2D eigenvalue weighted by atomic mass is 16.5. The van der Waals surface area contributed by atoms with E-state index in [0.29, 0.717) is 19.1 Å². The minimum Gasteiger partial charge on any atom is -0.492 e. The molecule has 3 N–H and O–H groups in total. The molecule has 0 heterocycles. The van der Waals surface area contributed by atoms with Gasteiger partial charge < -0.3 is 15.8 Å². The Morgan fingerprint density at radius 3 is 2.58 bits per heavy atom. The van der Waals surface area contributed by atoms with Crippen LogP contribution in [0, 0.1) is 13.8 Å². The van der Waals surface area contributed by atoms with Crippen LogP contribution in [0.25, 0.3) is 0 Å². The smallest absolute Gasteiger partial charge is 0.188 e. The number of benzene rings is 1. The minimum atomic E-state index is 0.498. The van der Waals surface area contributed by atoms with Crippen molar-refractivity contribution in [1.29, 1.82) is 0 Å². The summed E-state index contributed by atoms with van der Waals surface area (Å²) in [5.41, 5.74) is 8.15. The first-order valence-corrected chi connectivity index (χ1v) is 6.86. The molecule has 0 aliphatic carbocycles. The highest BCUT2D eigenvalue weighted by molar-refractivity contribution is 5.77. The zero-order valence-corrected chi connectivity index (χ0v) is 12.2. The number of guanidine groups is 1. The van der Waals surface area contributed by atoms with Crippen LogP contribution in [0.15, 0.2) is 23.2 Å². The van der Waals surface area contributed by atoms with Crippen LogP contribution in [-0.4, -0.2) is 25.7 Å². The van der Waals surface area contributed by atoms with E-state index in [1.54, 1.807) is 0 Å². The van der Waals surface area contributed by atoms with Crippen LogP contribution in [0.3, 0.4) is 0 Å². The van der Waals surface area contributed by atoms with Gasteiger partial charge >= 0.3 is 0 Å². The topological polar surface area (TPSA) is 59.6 Å². The Labute approximate surface area is 116 Å². The first-order valence-electron chi connectivity index (χ1n) is 6.86. The number of aryl methyl sites for hydroxylation is 2. The molecule has 1 aromatic carbocycles. The molecule has 0 radical (unpaired) electrons. The molecule has 1 rings (SSSR count). The fraction of sp³-hybridized carbons (Fsp3) is 0.533. The fourth-order valence-electron chi connectivity index (χ4n) is 1.78. The van der Waals surface area contributed by atoms with Gasteiger partial charge in [0.25, 0.3) is 0 Å². The van der Waals surface area contributed by atoms with Crippen LogP contribution >= 0.6 is 0 Å². The Morgan fingerprint density at radius 1 is 1.26 bits per heavy atom. The van der Waals surface area contributed by atoms with Gasteiger partial charge in [0.15, 0.2) is 5.96 Å². The molecule has 0 saturated heterocycles. The van der Waals surface area contributed by atoms with Gasteiger partial charge in [-0.15, -0.1) is 0 Å². The molecule has 0 spiro atoms. The van der Waals surface area contributed by atoms with Crippen LogP contribution in [0.2, 0.25) is 0 Å². The molecule has 19 heavy (non-hydrogen) atoms. The maximum atomic E-state index is 5.73. The van der Waals surface area contributed by atoms with Crippen molar-refractivity contribution in [2.75, 3.05) is 19.7 Å². The van der Waals surface area contributed by atoms with Gasteiger partial charge in [-0.1, -0.05) is 19.4 Å². The van der Waals surface area contributed by atoms with Crippen LogP contribution < -0.4 is 15.8 Å². The average Bonchev–Trinajstić information content (AvgIpc) is 2.34. The molecule has 0 aromatic heterocycles. The average molecular weight is 263 g/mol. The van der Waals surface area contributed by atoms with Gasteiger partial charge in [0.1, 0.15) is 12.4 Å².